The summed E-state index contributed by atoms with van der Waals surface area (Å²) in [5.74, 6) is 0.211. The van der Waals surface area contributed by atoms with E-state index in [0.717, 1.165) is 46.4 Å². The molecule has 1 aliphatic carbocycles. The molecule has 1 aliphatic rings. The third-order valence-corrected chi connectivity index (χ3v) is 7.64. The summed E-state index contributed by atoms with van der Waals surface area (Å²) in [6, 6.07) is 31.3. The highest BCUT2D eigenvalue weighted by Crippen LogP contribution is 2.27. The Morgan fingerprint density at radius 1 is 0.732 bits per heavy atom. The van der Waals surface area contributed by atoms with Crippen molar-refractivity contribution in [3.63, 3.8) is 0 Å². The van der Waals surface area contributed by atoms with Gasteiger partial charge in [0, 0.05) is 27.6 Å². The lowest BCUT2D eigenvalue weighted by Crippen LogP contribution is -2.41. The third kappa shape index (κ3) is 4.49. The molecule has 8 nitrogen and oxygen atoms in total. The number of hydrogen-bond donors (Lipinski definition) is 1. The second-order valence-corrected chi connectivity index (χ2v) is 10.2. The van der Waals surface area contributed by atoms with Crippen molar-refractivity contribution in [1.82, 2.24) is 19.7 Å². The molecule has 4 aromatic carbocycles. The highest BCUT2D eigenvalue weighted by atomic mass is 16.5. The summed E-state index contributed by atoms with van der Waals surface area (Å²) in [5.41, 5.74) is 6.91. The maximum atomic E-state index is 13.1. The van der Waals surface area contributed by atoms with Gasteiger partial charge >= 0.3 is 0 Å². The standard InChI is InChI=1S/C33H25N5O3/c39-32-25-8-4-5-9-26(25)33(40)31-30(32)36-38(41)37(31)19-18-22-10-13-23(14-11-22)24-15-16-27-28(20-24)35-29(34-27)17-12-21-6-2-1-3-7-21/h1-11,13-16,20H,12,17-19H2,(H,34,35). The fourth-order valence-electron chi connectivity index (χ4n) is 5.47. The number of aromatic nitrogens is 5. The number of carbonyl (C=O) groups excluding carboxylic acids is 2. The SMILES string of the molecule is O=C1c2ccccc2C(=O)c2c1n[n+]([O-])n2CCc1ccc(-c2ccc3nc(CCc4ccccc4)[nH]c3c2)cc1. The van der Waals surface area contributed by atoms with Gasteiger partial charge in [-0.15, -0.1) is 4.68 Å². The van der Waals surface area contributed by atoms with Crippen LogP contribution in [-0.4, -0.2) is 31.3 Å². The van der Waals surface area contributed by atoms with Gasteiger partial charge in [-0.05, 0) is 47.2 Å². The number of aryl methyl sites for hydroxylation is 3. The van der Waals surface area contributed by atoms with Crippen LogP contribution in [0.3, 0.4) is 0 Å². The average Bonchev–Trinajstić information content (AvgIpc) is 3.58. The smallest absolute Gasteiger partial charge is 0.220 e. The number of hydrogen-bond acceptors (Lipinski definition) is 5. The molecule has 0 aliphatic heterocycles. The van der Waals surface area contributed by atoms with Crippen molar-refractivity contribution >= 4 is 22.6 Å². The van der Waals surface area contributed by atoms with E-state index < -0.39 is 5.78 Å². The second-order valence-electron chi connectivity index (χ2n) is 10.2. The van der Waals surface area contributed by atoms with Crippen LogP contribution in [0.15, 0.2) is 97.1 Å². The zero-order valence-corrected chi connectivity index (χ0v) is 22.1. The number of carbonyl (C=O) groups is 2. The molecule has 1 N–H and O–H groups in total. The molecule has 8 heteroatoms. The van der Waals surface area contributed by atoms with E-state index >= 15 is 0 Å². The van der Waals surface area contributed by atoms with Gasteiger partial charge in [0.15, 0.2) is 5.69 Å². The molecule has 2 heterocycles. The number of ketones is 2. The van der Waals surface area contributed by atoms with Crippen molar-refractivity contribution in [1.29, 1.82) is 0 Å². The topological polar surface area (TPSA) is 108 Å². The predicted molar refractivity (Wildman–Crippen MR) is 154 cm³/mol. The number of aromatic amines is 1. The van der Waals surface area contributed by atoms with E-state index in [2.05, 4.69) is 46.5 Å². The summed E-state index contributed by atoms with van der Waals surface area (Å²) in [4.78, 5) is 34.5. The fourth-order valence-corrected chi connectivity index (χ4v) is 5.47. The van der Waals surface area contributed by atoms with Crippen molar-refractivity contribution in [3.05, 3.63) is 142 Å². The van der Waals surface area contributed by atoms with Gasteiger partial charge in [0.25, 0.3) is 0 Å². The highest BCUT2D eigenvalue weighted by Gasteiger charge is 2.39. The van der Waals surface area contributed by atoms with Crippen molar-refractivity contribution < 1.29 is 14.5 Å². The molecule has 0 radical (unpaired) electrons. The van der Waals surface area contributed by atoms with Crippen molar-refractivity contribution in [2.45, 2.75) is 25.8 Å². The van der Waals surface area contributed by atoms with E-state index in [0.29, 0.717) is 16.9 Å². The lowest BCUT2D eigenvalue weighted by atomic mass is 9.90. The summed E-state index contributed by atoms with van der Waals surface area (Å²) in [6.07, 6.45) is 2.28. The monoisotopic (exact) mass is 539 g/mol. The molecular formula is C33H25N5O3. The zero-order chi connectivity index (χ0) is 27.9. The Kier molecular flexibility index (Phi) is 6.00. The summed E-state index contributed by atoms with van der Waals surface area (Å²) in [7, 11) is 0. The number of fused-ring (bicyclic) bond motifs is 3. The first-order chi connectivity index (χ1) is 20.0. The van der Waals surface area contributed by atoms with Crippen molar-refractivity contribution in [2.75, 3.05) is 0 Å². The number of H-pyrrole nitrogens is 1. The Morgan fingerprint density at radius 3 is 2.20 bits per heavy atom. The molecular weight excluding hydrogens is 514 g/mol. The van der Waals surface area contributed by atoms with Crippen LogP contribution < -0.4 is 4.96 Å². The highest BCUT2D eigenvalue weighted by molar-refractivity contribution is 6.26. The normalized spacial score (nSPS) is 12.5. The Balaban J connectivity index is 1.06. The summed E-state index contributed by atoms with van der Waals surface area (Å²) in [6.45, 7) is 0.220. The number of rotatable bonds is 7. The van der Waals surface area contributed by atoms with E-state index in [1.807, 2.05) is 36.4 Å². The van der Waals surface area contributed by atoms with Crippen LogP contribution in [0, 0.1) is 5.21 Å². The summed E-state index contributed by atoms with van der Waals surface area (Å²) < 4.78 is 1.25. The molecule has 0 saturated heterocycles. The van der Waals surface area contributed by atoms with Crippen LogP contribution in [0.25, 0.3) is 22.2 Å². The van der Waals surface area contributed by atoms with Crippen molar-refractivity contribution in [2.24, 2.45) is 0 Å². The number of imidazole rings is 1. The van der Waals surface area contributed by atoms with Gasteiger partial charge in [-0.3, -0.25) is 9.59 Å². The third-order valence-electron chi connectivity index (χ3n) is 7.64. The van der Waals surface area contributed by atoms with Crippen molar-refractivity contribution in [3.8, 4) is 11.1 Å². The maximum absolute atomic E-state index is 13.1. The molecule has 6 aromatic rings. The fraction of sp³-hybridized carbons (Fsp3) is 0.121. The number of benzene rings is 4. The van der Waals surface area contributed by atoms with Gasteiger partial charge in [0.1, 0.15) is 5.82 Å². The number of nitrogens with zero attached hydrogens (tertiary/aromatic N) is 4. The molecule has 0 saturated carbocycles. The first kappa shape index (κ1) is 24.7. The Labute approximate surface area is 235 Å². The first-order valence-corrected chi connectivity index (χ1v) is 13.6. The molecule has 7 rings (SSSR count). The van der Waals surface area contributed by atoms with Crippen LogP contribution in [0.1, 0.15) is 49.1 Å². The molecule has 0 bridgehead atoms. The van der Waals surface area contributed by atoms with Gasteiger partial charge in [-0.2, -0.15) is 0 Å². The lowest BCUT2D eigenvalue weighted by Gasteiger charge is -2.12. The number of nitrogens with one attached hydrogen (secondary N) is 1. The zero-order valence-electron chi connectivity index (χ0n) is 22.1. The molecule has 41 heavy (non-hydrogen) atoms. The van der Waals surface area contributed by atoms with Crippen LogP contribution in [-0.2, 0) is 25.8 Å². The minimum absolute atomic E-state index is 0.0521. The van der Waals surface area contributed by atoms with E-state index in [1.165, 1.54) is 10.2 Å². The Morgan fingerprint density at radius 2 is 1.41 bits per heavy atom. The van der Waals surface area contributed by atoms with Gasteiger partial charge in [-0.1, -0.05) is 84.9 Å². The summed E-state index contributed by atoms with van der Waals surface area (Å²) >= 11 is 0. The molecule has 0 atom stereocenters. The summed E-state index contributed by atoms with van der Waals surface area (Å²) in [5, 5.41) is 16.4. The molecule has 0 spiro atoms. The molecule has 0 fully saturated rings. The minimum Gasteiger partial charge on any atom is -0.571 e. The van der Waals surface area contributed by atoms with Crippen LogP contribution in [0.4, 0.5) is 0 Å². The van der Waals surface area contributed by atoms with E-state index in [1.54, 1.807) is 24.3 Å². The van der Waals surface area contributed by atoms with Gasteiger partial charge in [0.05, 0.1) is 17.6 Å². The lowest BCUT2D eigenvalue weighted by molar-refractivity contribution is -0.749. The van der Waals surface area contributed by atoms with E-state index in [4.69, 9.17) is 4.98 Å². The van der Waals surface area contributed by atoms with E-state index in [9.17, 15) is 14.8 Å². The second kappa shape index (κ2) is 9.98. The quantitative estimate of drug-likeness (QED) is 0.230. The Hall–Kier alpha value is -5.37. The molecule has 0 unspecified atom stereocenters. The van der Waals surface area contributed by atoms with Crippen LogP contribution in [0.5, 0.6) is 0 Å². The van der Waals surface area contributed by atoms with Crippen LogP contribution in [0.2, 0.25) is 0 Å². The predicted octanol–water partition coefficient (Wildman–Crippen LogP) is 4.86. The largest absolute Gasteiger partial charge is 0.571 e. The molecule has 200 valence electrons. The van der Waals surface area contributed by atoms with Gasteiger partial charge in [-0.25, -0.2) is 4.98 Å². The van der Waals surface area contributed by atoms with Gasteiger partial charge in [0.2, 0.25) is 17.3 Å². The first-order valence-electron chi connectivity index (χ1n) is 13.6. The van der Waals surface area contributed by atoms with E-state index in [-0.39, 0.29) is 29.3 Å². The average molecular weight is 540 g/mol. The van der Waals surface area contributed by atoms with Crippen LogP contribution >= 0.6 is 0 Å². The van der Waals surface area contributed by atoms with Gasteiger partial charge < -0.3 is 10.2 Å². The minimum atomic E-state index is -0.402. The molecule has 2 aromatic heterocycles. The Bertz CT molecular complexity index is 1940. The molecule has 0 amide bonds. The maximum Gasteiger partial charge on any atom is 0.220 e.